The van der Waals surface area contributed by atoms with Gasteiger partial charge in [-0.2, -0.15) is 0 Å². The first-order valence-corrected chi connectivity index (χ1v) is 9.18. The predicted molar refractivity (Wildman–Crippen MR) is 105 cm³/mol. The Morgan fingerprint density at radius 2 is 1.85 bits per heavy atom. The van der Waals surface area contributed by atoms with Crippen LogP contribution >= 0.6 is 11.3 Å². The fourth-order valence-electron chi connectivity index (χ4n) is 2.56. The molecule has 4 aromatic rings. The Kier molecular flexibility index (Phi) is 4.76. The Bertz CT molecular complexity index is 1090. The van der Waals surface area contributed by atoms with Crippen LogP contribution in [-0.4, -0.2) is 21.1 Å². The Morgan fingerprint density at radius 1 is 1.04 bits per heavy atom. The van der Waals surface area contributed by atoms with E-state index in [0.29, 0.717) is 23.1 Å². The number of nitrogens with one attached hydrogen (secondary N) is 1. The molecule has 0 bridgehead atoms. The van der Waals surface area contributed by atoms with Gasteiger partial charge < -0.3 is 4.74 Å². The van der Waals surface area contributed by atoms with E-state index in [2.05, 4.69) is 20.5 Å². The third-order valence-electron chi connectivity index (χ3n) is 3.91. The molecule has 0 unspecified atom stereocenters. The molecule has 0 aliphatic rings. The Balaban J connectivity index is 1.39. The highest BCUT2D eigenvalue weighted by Gasteiger charge is 2.09. The van der Waals surface area contributed by atoms with E-state index in [0.717, 1.165) is 21.6 Å². The number of rotatable bonds is 5. The summed E-state index contributed by atoms with van der Waals surface area (Å²) in [6, 6.07) is 18.9. The average molecular weight is 376 g/mol. The van der Waals surface area contributed by atoms with Crippen LogP contribution in [0.25, 0.3) is 10.9 Å². The third kappa shape index (κ3) is 4.09. The lowest BCUT2D eigenvalue weighted by atomic mass is 10.2. The first-order valence-electron chi connectivity index (χ1n) is 8.36. The number of hydrogen-bond donors (Lipinski definition) is 1. The lowest BCUT2D eigenvalue weighted by molar-refractivity contribution is 0.102. The number of amides is 1. The molecule has 7 heteroatoms. The number of carbonyl (C=O) groups is 1. The lowest BCUT2D eigenvalue weighted by Gasteiger charge is -2.07. The quantitative estimate of drug-likeness (QED) is 0.564. The zero-order chi connectivity index (χ0) is 18.6. The molecule has 6 nitrogen and oxygen atoms in total. The van der Waals surface area contributed by atoms with Crippen molar-refractivity contribution in [1.29, 1.82) is 0 Å². The van der Waals surface area contributed by atoms with Crippen molar-refractivity contribution in [2.45, 2.75) is 13.5 Å². The first-order chi connectivity index (χ1) is 13.2. The molecule has 0 saturated carbocycles. The number of carbonyl (C=O) groups excluding carboxylic acids is 1. The van der Waals surface area contributed by atoms with E-state index in [-0.39, 0.29) is 5.91 Å². The molecule has 1 amide bonds. The standard InChI is InChI=1S/C20H16N4O2S/c1-13-23-24-20(27-13)22-19(25)15-7-10-17(11-8-15)26-12-16-9-6-14-4-2-3-5-18(14)21-16/h2-11H,12H2,1H3,(H,22,24,25). The minimum absolute atomic E-state index is 0.228. The van der Waals surface area contributed by atoms with Crippen molar-refractivity contribution >= 4 is 33.3 Å². The summed E-state index contributed by atoms with van der Waals surface area (Å²) in [5.74, 6) is 0.446. The fourth-order valence-corrected chi connectivity index (χ4v) is 3.15. The van der Waals surface area contributed by atoms with Gasteiger partial charge in [0.2, 0.25) is 5.13 Å². The molecule has 4 rings (SSSR count). The van der Waals surface area contributed by atoms with E-state index >= 15 is 0 Å². The van der Waals surface area contributed by atoms with Gasteiger partial charge in [0, 0.05) is 10.9 Å². The van der Waals surface area contributed by atoms with Crippen LogP contribution in [0.3, 0.4) is 0 Å². The molecule has 2 aromatic carbocycles. The smallest absolute Gasteiger partial charge is 0.257 e. The molecule has 2 aromatic heterocycles. The number of aryl methyl sites for hydroxylation is 1. The third-order valence-corrected chi connectivity index (χ3v) is 4.66. The summed E-state index contributed by atoms with van der Waals surface area (Å²) in [6.07, 6.45) is 0. The van der Waals surface area contributed by atoms with Crippen molar-refractivity contribution in [1.82, 2.24) is 15.2 Å². The highest BCUT2D eigenvalue weighted by atomic mass is 32.1. The maximum atomic E-state index is 12.2. The van der Waals surface area contributed by atoms with Crippen molar-refractivity contribution in [3.8, 4) is 5.75 Å². The van der Waals surface area contributed by atoms with Gasteiger partial charge in [0.1, 0.15) is 17.4 Å². The summed E-state index contributed by atoms with van der Waals surface area (Å²) >= 11 is 1.33. The average Bonchev–Trinajstić information content (AvgIpc) is 3.11. The first kappa shape index (κ1) is 17.1. The molecule has 2 heterocycles. The van der Waals surface area contributed by atoms with Crippen LogP contribution in [0.5, 0.6) is 5.75 Å². The van der Waals surface area contributed by atoms with Gasteiger partial charge in [0.05, 0.1) is 11.2 Å². The molecule has 27 heavy (non-hydrogen) atoms. The number of benzene rings is 2. The van der Waals surface area contributed by atoms with Crippen LogP contribution in [0.15, 0.2) is 60.7 Å². The molecule has 0 aliphatic carbocycles. The lowest BCUT2D eigenvalue weighted by Crippen LogP contribution is -2.11. The van der Waals surface area contributed by atoms with Gasteiger partial charge in [-0.3, -0.25) is 10.1 Å². The molecular formula is C20H16N4O2S. The van der Waals surface area contributed by atoms with Gasteiger partial charge in [-0.25, -0.2) is 4.98 Å². The predicted octanol–water partition coefficient (Wildman–Crippen LogP) is 4.23. The largest absolute Gasteiger partial charge is 0.487 e. The van der Waals surface area contributed by atoms with Gasteiger partial charge >= 0.3 is 0 Å². The number of hydrogen-bond acceptors (Lipinski definition) is 6. The minimum Gasteiger partial charge on any atom is -0.487 e. The fraction of sp³-hybridized carbons (Fsp3) is 0.100. The molecule has 0 saturated heterocycles. The second-order valence-electron chi connectivity index (χ2n) is 5.89. The number of ether oxygens (including phenoxy) is 1. The van der Waals surface area contributed by atoms with Crippen LogP contribution in [0, 0.1) is 6.92 Å². The van der Waals surface area contributed by atoms with E-state index in [1.807, 2.05) is 43.3 Å². The highest BCUT2D eigenvalue weighted by molar-refractivity contribution is 7.15. The zero-order valence-corrected chi connectivity index (χ0v) is 15.4. The zero-order valence-electron chi connectivity index (χ0n) is 14.5. The molecule has 0 spiro atoms. The van der Waals surface area contributed by atoms with Crippen LogP contribution in [0.1, 0.15) is 21.1 Å². The number of aromatic nitrogens is 3. The monoisotopic (exact) mass is 376 g/mol. The molecule has 134 valence electrons. The molecule has 0 aliphatic heterocycles. The van der Waals surface area contributed by atoms with E-state index in [9.17, 15) is 4.79 Å². The summed E-state index contributed by atoms with van der Waals surface area (Å²) < 4.78 is 5.78. The van der Waals surface area contributed by atoms with Gasteiger partial charge in [0.15, 0.2) is 0 Å². The highest BCUT2D eigenvalue weighted by Crippen LogP contribution is 2.18. The second kappa shape index (κ2) is 7.51. The van der Waals surface area contributed by atoms with E-state index < -0.39 is 0 Å². The van der Waals surface area contributed by atoms with Gasteiger partial charge in [0.25, 0.3) is 5.91 Å². The molecule has 0 atom stereocenters. The van der Waals surface area contributed by atoms with Crippen molar-refractivity contribution in [3.63, 3.8) is 0 Å². The van der Waals surface area contributed by atoms with Crippen molar-refractivity contribution in [3.05, 3.63) is 76.9 Å². The van der Waals surface area contributed by atoms with Crippen LogP contribution < -0.4 is 10.1 Å². The van der Waals surface area contributed by atoms with E-state index in [1.54, 1.807) is 24.3 Å². The van der Waals surface area contributed by atoms with Gasteiger partial charge in [-0.05, 0) is 43.3 Å². The summed E-state index contributed by atoms with van der Waals surface area (Å²) in [5.41, 5.74) is 2.32. The van der Waals surface area contributed by atoms with Gasteiger partial charge in [-0.15, -0.1) is 10.2 Å². The molecule has 0 radical (unpaired) electrons. The van der Waals surface area contributed by atoms with E-state index in [4.69, 9.17) is 4.74 Å². The summed E-state index contributed by atoms with van der Waals surface area (Å²) in [6.45, 7) is 2.20. The van der Waals surface area contributed by atoms with Crippen LogP contribution in [0.2, 0.25) is 0 Å². The molecular weight excluding hydrogens is 360 g/mol. The second-order valence-corrected chi connectivity index (χ2v) is 7.07. The number of fused-ring (bicyclic) bond motifs is 1. The van der Waals surface area contributed by atoms with Crippen LogP contribution in [-0.2, 0) is 6.61 Å². The number of nitrogens with zero attached hydrogens (tertiary/aromatic N) is 3. The van der Waals surface area contributed by atoms with Crippen molar-refractivity contribution in [2.75, 3.05) is 5.32 Å². The maximum absolute atomic E-state index is 12.2. The topological polar surface area (TPSA) is 77.0 Å². The number of pyridine rings is 1. The SMILES string of the molecule is Cc1nnc(NC(=O)c2ccc(OCc3ccc4ccccc4n3)cc2)s1. The normalized spacial score (nSPS) is 10.7. The number of anilines is 1. The Morgan fingerprint density at radius 3 is 2.63 bits per heavy atom. The van der Waals surface area contributed by atoms with E-state index in [1.165, 1.54) is 11.3 Å². The minimum atomic E-state index is -0.228. The van der Waals surface area contributed by atoms with Crippen molar-refractivity contribution < 1.29 is 9.53 Å². The summed E-state index contributed by atoms with van der Waals surface area (Å²) in [7, 11) is 0. The van der Waals surface area contributed by atoms with Gasteiger partial charge in [-0.1, -0.05) is 35.6 Å². The van der Waals surface area contributed by atoms with Crippen LogP contribution in [0.4, 0.5) is 5.13 Å². The Labute approximate surface area is 159 Å². The number of para-hydroxylation sites is 1. The maximum Gasteiger partial charge on any atom is 0.257 e. The Hall–Kier alpha value is -3.32. The molecule has 0 fully saturated rings. The van der Waals surface area contributed by atoms with Crippen molar-refractivity contribution in [2.24, 2.45) is 0 Å². The molecule has 1 N–H and O–H groups in total. The summed E-state index contributed by atoms with van der Waals surface area (Å²) in [4.78, 5) is 16.8. The summed E-state index contributed by atoms with van der Waals surface area (Å²) in [5, 5.41) is 12.9.